The van der Waals surface area contributed by atoms with Gasteiger partial charge in [0.15, 0.2) is 0 Å². The number of fused-ring (bicyclic) bond motifs is 3. The molecule has 4 aromatic carbocycles. The molecule has 0 bridgehead atoms. The lowest BCUT2D eigenvalue weighted by molar-refractivity contribution is 0.482. The summed E-state index contributed by atoms with van der Waals surface area (Å²) in [6, 6.07) is 26.8. The first-order valence-electron chi connectivity index (χ1n) is 13.7. The number of hydrogen-bond donors (Lipinski definition) is 0. The summed E-state index contributed by atoms with van der Waals surface area (Å²) in [5.74, 6) is -0.921. The number of benzene rings is 4. The third-order valence-corrected chi connectivity index (χ3v) is 7.62. The van der Waals surface area contributed by atoms with Gasteiger partial charge in [-0.2, -0.15) is 5.10 Å². The molecule has 0 saturated carbocycles. The molecule has 0 aliphatic carbocycles. The fourth-order valence-corrected chi connectivity index (χ4v) is 5.75. The first-order valence-corrected chi connectivity index (χ1v) is 13.7. The van der Waals surface area contributed by atoms with E-state index in [2.05, 4.69) is 32.8 Å². The molecule has 0 aliphatic heterocycles. The van der Waals surface area contributed by atoms with Gasteiger partial charge in [0.05, 0.1) is 28.0 Å². The first kappa shape index (κ1) is 26.5. The third kappa shape index (κ3) is 4.52. The van der Waals surface area contributed by atoms with Crippen molar-refractivity contribution in [3.05, 3.63) is 132 Å². The second-order valence-electron chi connectivity index (χ2n) is 10.5. The maximum Gasteiger partial charge on any atom is 0.137 e. The maximum absolute atomic E-state index is 14.7. The molecule has 0 saturated heterocycles. The number of ether oxygens (including phenoxy) is 1. The van der Waals surface area contributed by atoms with E-state index in [1.165, 1.54) is 0 Å². The van der Waals surface area contributed by atoms with Gasteiger partial charge in [-0.05, 0) is 68.8 Å². The van der Waals surface area contributed by atoms with Crippen LogP contribution in [0.2, 0.25) is 0 Å². The molecule has 5 nitrogen and oxygen atoms in total. The molecule has 0 unspecified atom stereocenters. The van der Waals surface area contributed by atoms with Gasteiger partial charge >= 0.3 is 0 Å². The summed E-state index contributed by atoms with van der Waals surface area (Å²) >= 11 is 0. The first-order chi connectivity index (χ1) is 20.8. The van der Waals surface area contributed by atoms with Crippen LogP contribution in [0.15, 0.2) is 97.2 Å². The maximum atomic E-state index is 14.7. The molecule has 7 rings (SSSR count). The van der Waals surface area contributed by atoms with Crippen molar-refractivity contribution in [1.29, 1.82) is 0 Å². The van der Waals surface area contributed by atoms with E-state index in [-0.39, 0.29) is 11.1 Å². The minimum absolute atomic E-state index is 0.282. The van der Waals surface area contributed by atoms with Crippen molar-refractivity contribution in [3.8, 4) is 34.1 Å². The van der Waals surface area contributed by atoms with E-state index in [4.69, 9.17) is 4.74 Å². The van der Waals surface area contributed by atoms with Crippen LogP contribution in [0, 0.1) is 38.2 Å². The van der Waals surface area contributed by atoms with Gasteiger partial charge in [0.1, 0.15) is 34.8 Å². The standard InChI is InChI=1S/C35H25F3N4O/c1-20-13-14-39-33(15-20)41-31-10-5-4-9-27(31)28-12-11-26(19-32(28)41)43-25-8-6-7-24(18-25)42-22(3)34(21(2)40-42)35-29(37)16-23(36)17-30(35)38/h4-19H,1-3H3. The van der Waals surface area contributed by atoms with Crippen LogP contribution in [0.3, 0.4) is 0 Å². The third-order valence-electron chi connectivity index (χ3n) is 7.62. The van der Waals surface area contributed by atoms with Crippen molar-refractivity contribution in [2.24, 2.45) is 0 Å². The zero-order chi connectivity index (χ0) is 29.8. The summed E-state index contributed by atoms with van der Waals surface area (Å²) in [5, 5.41) is 6.74. The molecular formula is C35H25F3N4O. The van der Waals surface area contributed by atoms with Gasteiger partial charge in [0.25, 0.3) is 0 Å². The lowest BCUT2D eigenvalue weighted by Gasteiger charge is -2.11. The van der Waals surface area contributed by atoms with Gasteiger partial charge in [-0.25, -0.2) is 22.8 Å². The molecule has 43 heavy (non-hydrogen) atoms. The predicted octanol–water partition coefficient (Wildman–Crippen LogP) is 9.17. The van der Waals surface area contributed by atoms with Gasteiger partial charge in [0, 0.05) is 52.5 Å². The number of nitrogens with zero attached hydrogens (tertiary/aromatic N) is 4. The Bertz CT molecular complexity index is 2170. The molecule has 8 heteroatoms. The highest BCUT2D eigenvalue weighted by Crippen LogP contribution is 2.36. The molecule has 0 amide bonds. The molecule has 3 aromatic heterocycles. The van der Waals surface area contributed by atoms with E-state index in [0.29, 0.717) is 40.7 Å². The van der Waals surface area contributed by atoms with Crippen LogP contribution in [-0.4, -0.2) is 19.3 Å². The number of aryl methyl sites for hydroxylation is 2. The molecule has 0 N–H and O–H groups in total. The minimum Gasteiger partial charge on any atom is -0.457 e. The molecule has 3 heterocycles. The van der Waals surface area contributed by atoms with Crippen LogP contribution in [-0.2, 0) is 0 Å². The summed E-state index contributed by atoms with van der Waals surface area (Å²) < 4.78 is 53.0. The Morgan fingerprint density at radius 3 is 2.21 bits per heavy atom. The summed E-state index contributed by atoms with van der Waals surface area (Å²) in [6.07, 6.45) is 1.81. The number of hydrogen-bond acceptors (Lipinski definition) is 3. The quantitative estimate of drug-likeness (QED) is 0.206. The van der Waals surface area contributed by atoms with E-state index in [1.54, 1.807) is 24.7 Å². The van der Waals surface area contributed by atoms with Crippen molar-refractivity contribution >= 4 is 21.8 Å². The zero-order valence-electron chi connectivity index (χ0n) is 23.6. The summed E-state index contributed by atoms with van der Waals surface area (Å²) in [6.45, 7) is 5.43. The van der Waals surface area contributed by atoms with Crippen molar-refractivity contribution in [1.82, 2.24) is 19.3 Å². The van der Waals surface area contributed by atoms with Crippen LogP contribution in [0.4, 0.5) is 13.2 Å². The largest absolute Gasteiger partial charge is 0.457 e. The Balaban J connectivity index is 1.29. The Hall–Kier alpha value is -5.37. The average molecular weight is 575 g/mol. The lowest BCUT2D eigenvalue weighted by Crippen LogP contribution is -2.00. The Morgan fingerprint density at radius 2 is 1.42 bits per heavy atom. The van der Waals surface area contributed by atoms with Gasteiger partial charge in [-0.15, -0.1) is 0 Å². The van der Waals surface area contributed by atoms with Crippen molar-refractivity contribution in [2.75, 3.05) is 0 Å². The summed E-state index contributed by atoms with van der Waals surface area (Å²) in [5.41, 5.74) is 4.66. The van der Waals surface area contributed by atoms with Gasteiger partial charge in [-0.1, -0.05) is 24.3 Å². The van der Waals surface area contributed by atoms with Crippen LogP contribution in [0.5, 0.6) is 11.5 Å². The van der Waals surface area contributed by atoms with Crippen LogP contribution in [0.1, 0.15) is 17.0 Å². The molecule has 212 valence electrons. The van der Waals surface area contributed by atoms with Gasteiger partial charge < -0.3 is 4.74 Å². The highest BCUT2D eigenvalue weighted by atomic mass is 19.1. The summed E-state index contributed by atoms with van der Waals surface area (Å²) in [7, 11) is 0. The number of pyridine rings is 1. The molecule has 0 aliphatic rings. The second kappa shape index (κ2) is 10.2. The fourth-order valence-electron chi connectivity index (χ4n) is 5.75. The van der Waals surface area contributed by atoms with Crippen molar-refractivity contribution < 1.29 is 17.9 Å². The normalized spacial score (nSPS) is 11.5. The Labute approximate surface area is 245 Å². The second-order valence-corrected chi connectivity index (χ2v) is 10.5. The number of para-hydroxylation sites is 1. The molecule has 7 aromatic rings. The molecular weight excluding hydrogens is 549 g/mol. The molecule has 0 atom stereocenters. The number of rotatable bonds is 5. The zero-order valence-corrected chi connectivity index (χ0v) is 23.6. The monoisotopic (exact) mass is 574 g/mol. The van der Waals surface area contributed by atoms with Crippen LogP contribution in [0.25, 0.3) is 44.4 Å². The number of aromatic nitrogens is 4. The van der Waals surface area contributed by atoms with Crippen LogP contribution >= 0.6 is 0 Å². The topological polar surface area (TPSA) is 44.9 Å². The van der Waals surface area contributed by atoms with Crippen LogP contribution < -0.4 is 4.74 Å². The Morgan fingerprint density at radius 1 is 0.674 bits per heavy atom. The van der Waals surface area contributed by atoms with Gasteiger partial charge in [-0.3, -0.25) is 4.57 Å². The summed E-state index contributed by atoms with van der Waals surface area (Å²) in [4.78, 5) is 4.64. The molecule has 0 radical (unpaired) electrons. The highest BCUT2D eigenvalue weighted by Gasteiger charge is 2.22. The van der Waals surface area contributed by atoms with E-state index in [0.717, 1.165) is 33.2 Å². The number of halogens is 3. The predicted molar refractivity (Wildman–Crippen MR) is 162 cm³/mol. The molecule has 0 fully saturated rings. The minimum atomic E-state index is -0.978. The van der Waals surface area contributed by atoms with Crippen molar-refractivity contribution in [2.45, 2.75) is 20.8 Å². The Kier molecular flexibility index (Phi) is 6.27. The highest BCUT2D eigenvalue weighted by molar-refractivity contribution is 6.09. The fraction of sp³-hybridized carbons (Fsp3) is 0.0857. The smallest absolute Gasteiger partial charge is 0.137 e. The van der Waals surface area contributed by atoms with E-state index >= 15 is 0 Å². The van der Waals surface area contributed by atoms with Gasteiger partial charge in [0.2, 0.25) is 0 Å². The lowest BCUT2D eigenvalue weighted by atomic mass is 10.0. The van der Waals surface area contributed by atoms with Crippen molar-refractivity contribution in [3.63, 3.8) is 0 Å². The SMILES string of the molecule is Cc1ccnc(-n2c3ccccc3c3ccc(Oc4cccc(-n5nc(C)c(-c6c(F)cc(F)cc6F)c5C)c4)cc32)c1. The van der Waals surface area contributed by atoms with E-state index in [1.807, 2.05) is 67.6 Å². The van der Waals surface area contributed by atoms with E-state index in [9.17, 15) is 13.2 Å². The average Bonchev–Trinajstić information content (AvgIpc) is 3.46. The molecule has 0 spiro atoms. The van der Waals surface area contributed by atoms with E-state index < -0.39 is 17.5 Å².